The van der Waals surface area contributed by atoms with Crippen LogP contribution >= 0.6 is 0 Å². The van der Waals surface area contributed by atoms with Gasteiger partial charge in [0.2, 0.25) is 30.4 Å². The van der Waals surface area contributed by atoms with Gasteiger partial charge in [-0.15, -0.1) is 0 Å². The first kappa shape index (κ1) is 66.8. The van der Waals surface area contributed by atoms with Gasteiger partial charge in [-0.05, 0) is 133 Å². The lowest BCUT2D eigenvalue weighted by molar-refractivity contribution is -0.117. The minimum Gasteiger partial charge on any atom is -0.497 e. The predicted octanol–water partition coefficient (Wildman–Crippen LogP) is 15.8. The number of unbranched alkanes of at least 4 members (excludes halogenated alkanes) is 1. The van der Waals surface area contributed by atoms with Gasteiger partial charge in [-0.25, -0.2) is 0 Å². The average Bonchev–Trinajstić information content (AvgIpc) is 1.08. The Kier molecular flexibility index (Phi) is 22.7. The first-order valence-corrected chi connectivity index (χ1v) is 32.3. The van der Waals surface area contributed by atoms with Crippen molar-refractivity contribution in [2.24, 2.45) is 5.92 Å². The molecule has 0 aliphatic carbocycles. The molecule has 0 saturated heterocycles. The third-order valence-corrected chi connectivity index (χ3v) is 16.7. The molecule has 0 bridgehead atoms. The number of nitrogens with one attached hydrogen (secondary N) is 4. The number of amides is 4. The van der Waals surface area contributed by atoms with Crippen molar-refractivity contribution in [1.29, 1.82) is 0 Å². The number of hydrogen-bond acceptors (Lipinski definition) is 13. The van der Waals surface area contributed by atoms with Crippen molar-refractivity contribution >= 4 is 46.4 Å². The summed E-state index contributed by atoms with van der Waals surface area (Å²) in [7, 11) is 4.95. The van der Waals surface area contributed by atoms with Crippen LogP contribution in [0.25, 0.3) is 0 Å². The monoisotopic (exact) mass is 1270 g/mol. The van der Waals surface area contributed by atoms with Gasteiger partial charge in [-0.3, -0.25) is 19.2 Å². The maximum atomic E-state index is 12.3. The fourth-order valence-electron chi connectivity index (χ4n) is 12.2. The van der Waals surface area contributed by atoms with Crippen molar-refractivity contribution in [2.75, 3.05) is 75.8 Å². The van der Waals surface area contributed by atoms with Gasteiger partial charge in [0.05, 0.1) is 47.8 Å². The standard InChI is InChI=1S/C20H21NO4.C20H23NO3.C19H21NO3.C18H19NO3/c1-12(2)10-23-17-6-4-3-5-13(17)14-8-20(22)21-16-9-19-18(7-15(14)16)24-11-25-19;1-3-4-11-24-19-8-6-5-7-15(19)16-13-20(22)21-18-10-9-14(23-2)12-17(16)18;1-3-10-23-18-7-5-4-6-14(18)15-12-19(21)20-17-9-8-13(22-2)11-16(15)17;1-3-22-17-7-5-4-6-13(17)14-11-18(20)19-16-9-8-12(21-2)10-15(14)16/h3-7,9,12,14H,8,10-11H2,1-2H3,(H,21,22);5-10,12,16H,3-4,11,13H2,1-2H3,(H,21,22);4-9,11,15H,3,10,12H2,1-2H3,(H,20,21);4-10,14H,3,11H2,1-2H3,(H,19,20). The Morgan fingerprint density at radius 2 is 0.745 bits per heavy atom. The fraction of sp³-hybridized carbons (Fsp3) is 0.325. The molecule has 5 aliphatic heterocycles. The summed E-state index contributed by atoms with van der Waals surface area (Å²) >= 11 is 0. The molecule has 0 fully saturated rings. The largest absolute Gasteiger partial charge is 0.497 e. The lowest BCUT2D eigenvalue weighted by Crippen LogP contribution is -2.24. The van der Waals surface area contributed by atoms with Gasteiger partial charge in [-0.2, -0.15) is 0 Å². The zero-order valence-electron chi connectivity index (χ0n) is 54.8. The summed E-state index contributed by atoms with van der Waals surface area (Å²) in [4.78, 5) is 48.6. The van der Waals surface area contributed by atoms with E-state index in [1.165, 1.54) is 0 Å². The molecule has 4 amide bonds. The highest BCUT2D eigenvalue weighted by molar-refractivity contribution is 5.98. The van der Waals surface area contributed by atoms with Crippen LogP contribution in [-0.2, 0) is 19.2 Å². The summed E-state index contributed by atoms with van der Waals surface area (Å²) in [6, 6.07) is 52.9. The molecule has 94 heavy (non-hydrogen) atoms. The van der Waals surface area contributed by atoms with Crippen LogP contribution in [-0.4, -0.2) is 78.2 Å². The summed E-state index contributed by atoms with van der Waals surface area (Å²) in [6.45, 7) is 13.2. The Morgan fingerprint density at radius 1 is 0.394 bits per heavy atom. The minimum absolute atomic E-state index is 0.00460. The lowest BCUT2D eigenvalue weighted by atomic mass is 9.84. The second-order valence-electron chi connectivity index (χ2n) is 23.7. The highest BCUT2D eigenvalue weighted by Gasteiger charge is 2.34. The van der Waals surface area contributed by atoms with E-state index in [1.54, 1.807) is 21.3 Å². The maximum absolute atomic E-state index is 12.3. The predicted molar refractivity (Wildman–Crippen MR) is 365 cm³/mol. The first-order chi connectivity index (χ1) is 45.8. The smallest absolute Gasteiger partial charge is 0.231 e. The molecule has 17 heteroatoms. The number of methoxy groups -OCH3 is 3. The maximum Gasteiger partial charge on any atom is 0.231 e. The number of hydrogen-bond donors (Lipinski definition) is 4. The number of carbonyl (C=O) groups excluding carboxylic acids is 4. The van der Waals surface area contributed by atoms with Crippen LogP contribution < -0.4 is 63.9 Å². The number of ether oxygens (including phenoxy) is 9. The Hall–Kier alpha value is -10.2. The summed E-state index contributed by atoms with van der Waals surface area (Å²) in [5, 5.41) is 11.8. The summed E-state index contributed by atoms with van der Waals surface area (Å²) in [5.74, 6) is 7.49. The van der Waals surface area contributed by atoms with E-state index in [4.69, 9.17) is 42.6 Å². The van der Waals surface area contributed by atoms with E-state index < -0.39 is 0 Å². The molecule has 4 N–H and O–H groups in total. The van der Waals surface area contributed by atoms with E-state index in [0.717, 1.165) is 133 Å². The van der Waals surface area contributed by atoms with Gasteiger partial charge in [0, 0.05) is 100 Å². The van der Waals surface area contributed by atoms with Crippen LogP contribution in [0.3, 0.4) is 0 Å². The van der Waals surface area contributed by atoms with Crippen LogP contribution in [0.4, 0.5) is 22.7 Å². The molecule has 5 heterocycles. The number of benzene rings is 8. The van der Waals surface area contributed by atoms with Crippen molar-refractivity contribution in [1.82, 2.24) is 0 Å². The zero-order chi connectivity index (χ0) is 66.1. The van der Waals surface area contributed by atoms with Crippen molar-refractivity contribution < 1.29 is 61.8 Å². The molecule has 8 aromatic carbocycles. The lowest BCUT2D eigenvalue weighted by Gasteiger charge is -2.27. The van der Waals surface area contributed by atoms with E-state index >= 15 is 0 Å². The molecule has 490 valence electrons. The van der Waals surface area contributed by atoms with Gasteiger partial charge in [0.1, 0.15) is 40.2 Å². The molecule has 5 aliphatic rings. The number of rotatable bonds is 19. The molecular weight excluding hydrogens is 1190 g/mol. The van der Waals surface area contributed by atoms with E-state index in [0.29, 0.717) is 63.8 Å². The number of para-hydroxylation sites is 4. The molecule has 13 rings (SSSR count). The minimum atomic E-state index is -0.0680. The van der Waals surface area contributed by atoms with Gasteiger partial charge < -0.3 is 63.9 Å². The van der Waals surface area contributed by atoms with Crippen LogP contribution in [0.2, 0.25) is 0 Å². The Morgan fingerprint density at radius 3 is 1.12 bits per heavy atom. The topological polar surface area (TPSA) is 199 Å². The molecule has 0 radical (unpaired) electrons. The van der Waals surface area contributed by atoms with Gasteiger partial charge in [-0.1, -0.05) is 107 Å². The molecule has 4 atom stereocenters. The third kappa shape index (κ3) is 16.2. The summed E-state index contributed by atoms with van der Waals surface area (Å²) in [6.07, 6.45) is 4.67. The second kappa shape index (κ2) is 31.9. The molecular formula is C77H84N4O13. The zero-order valence-corrected chi connectivity index (χ0v) is 54.8. The number of carbonyl (C=O) groups is 4. The normalized spacial score (nSPS) is 16.9. The van der Waals surface area contributed by atoms with E-state index in [2.05, 4.69) is 49.0 Å². The molecule has 0 spiro atoms. The molecule has 8 aromatic rings. The molecule has 0 aromatic heterocycles. The third-order valence-electron chi connectivity index (χ3n) is 16.7. The molecule has 17 nitrogen and oxygen atoms in total. The summed E-state index contributed by atoms with van der Waals surface area (Å²) in [5.41, 5.74) is 11.7. The highest BCUT2D eigenvalue weighted by atomic mass is 16.7. The molecule has 0 saturated carbocycles. The van der Waals surface area contributed by atoms with Crippen molar-refractivity contribution in [3.8, 4) is 51.7 Å². The van der Waals surface area contributed by atoms with Gasteiger partial charge in [0.15, 0.2) is 11.5 Å². The second-order valence-corrected chi connectivity index (χ2v) is 23.7. The van der Waals surface area contributed by atoms with E-state index in [9.17, 15) is 19.2 Å². The fourth-order valence-corrected chi connectivity index (χ4v) is 12.2. The Labute approximate surface area is 550 Å². The van der Waals surface area contributed by atoms with Crippen LogP contribution in [0, 0.1) is 5.92 Å². The van der Waals surface area contributed by atoms with Crippen molar-refractivity contribution in [3.05, 3.63) is 208 Å². The quantitative estimate of drug-likeness (QED) is 0.0558. The first-order valence-electron chi connectivity index (χ1n) is 32.3. The van der Waals surface area contributed by atoms with Crippen LogP contribution in [0.1, 0.15) is 148 Å². The van der Waals surface area contributed by atoms with E-state index in [-0.39, 0.29) is 54.1 Å². The van der Waals surface area contributed by atoms with Gasteiger partial charge >= 0.3 is 0 Å². The average molecular weight is 1270 g/mol. The van der Waals surface area contributed by atoms with Crippen LogP contribution in [0.15, 0.2) is 164 Å². The van der Waals surface area contributed by atoms with Crippen LogP contribution in [0.5, 0.6) is 51.7 Å². The SMILES string of the molecule is CC(C)COc1ccccc1C1CC(=O)Nc2cc3c(cc21)OCO3.CCCCOc1ccccc1C1CC(=O)Nc2ccc(OC)cc21.CCCOc1ccccc1C1CC(=O)Nc2ccc(OC)cc21.CCOc1ccccc1C1CC(=O)Nc2ccc(OC)cc21. The Bertz CT molecular complexity index is 3960. The highest BCUT2D eigenvalue weighted by Crippen LogP contribution is 2.48. The number of fused-ring (bicyclic) bond motifs is 5. The van der Waals surface area contributed by atoms with Crippen molar-refractivity contribution in [2.45, 2.75) is 103 Å². The molecule has 4 unspecified atom stereocenters. The van der Waals surface area contributed by atoms with E-state index in [1.807, 2.05) is 171 Å². The van der Waals surface area contributed by atoms with Crippen molar-refractivity contribution in [3.63, 3.8) is 0 Å². The van der Waals surface area contributed by atoms with Gasteiger partial charge in [0.25, 0.3) is 0 Å². The summed E-state index contributed by atoms with van der Waals surface area (Å²) < 4.78 is 50.6. The number of anilines is 4. The Balaban J connectivity index is 0.000000137.